The van der Waals surface area contributed by atoms with Gasteiger partial charge in [-0.25, -0.2) is 0 Å². The van der Waals surface area contributed by atoms with Gasteiger partial charge in [-0.05, 0) is 96.7 Å². The molecule has 0 amide bonds. The van der Waals surface area contributed by atoms with Crippen LogP contribution in [0.1, 0.15) is 233 Å². The SMILES string of the molecule is CCCC/C=C/CCC(CCCCCC)C(=O)OCCCCCCN(CCCCO)CCCCCCOC(=O)C(CCCCCC)CCCCCCCC. The van der Waals surface area contributed by atoms with E-state index in [2.05, 4.69) is 44.7 Å². The van der Waals surface area contributed by atoms with Gasteiger partial charge in [0, 0.05) is 6.61 Å². The number of unbranched alkanes of at least 4 members (excludes halogenated alkanes) is 20. The lowest BCUT2D eigenvalue weighted by molar-refractivity contribution is -0.150. The zero-order valence-corrected chi connectivity index (χ0v) is 36.7. The Morgan fingerprint density at radius 1 is 0.444 bits per heavy atom. The van der Waals surface area contributed by atoms with Gasteiger partial charge in [-0.2, -0.15) is 0 Å². The molecular formula is C48H93NO5. The van der Waals surface area contributed by atoms with E-state index in [-0.39, 0.29) is 30.4 Å². The van der Waals surface area contributed by atoms with Crippen LogP contribution in [0, 0.1) is 11.8 Å². The molecular weight excluding hydrogens is 671 g/mol. The summed E-state index contributed by atoms with van der Waals surface area (Å²) in [4.78, 5) is 28.5. The molecule has 6 heteroatoms. The zero-order chi connectivity index (χ0) is 39.6. The van der Waals surface area contributed by atoms with E-state index in [1.54, 1.807) is 0 Å². The summed E-state index contributed by atoms with van der Waals surface area (Å²) >= 11 is 0. The van der Waals surface area contributed by atoms with E-state index in [1.807, 2.05) is 0 Å². The van der Waals surface area contributed by atoms with Crippen LogP contribution in [0.15, 0.2) is 12.2 Å². The summed E-state index contributed by atoms with van der Waals surface area (Å²) in [5.41, 5.74) is 0. The molecule has 6 nitrogen and oxygen atoms in total. The predicted molar refractivity (Wildman–Crippen MR) is 232 cm³/mol. The average molecular weight is 764 g/mol. The average Bonchev–Trinajstić information content (AvgIpc) is 3.17. The van der Waals surface area contributed by atoms with Crippen LogP contribution in [0.25, 0.3) is 0 Å². The van der Waals surface area contributed by atoms with Crippen molar-refractivity contribution in [2.75, 3.05) is 39.5 Å². The molecule has 0 aliphatic heterocycles. The lowest BCUT2D eigenvalue weighted by Crippen LogP contribution is -2.27. The number of carbonyl (C=O) groups is 2. The normalized spacial score (nSPS) is 12.9. The number of ether oxygens (including phenoxy) is 2. The van der Waals surface area contributed by atoms with Gasteiger partial charge in [-0.3, -0.25) is 9.59 Å². The van der Waals surface area contributed by atoms with Crippen LogP contribution in [0.5, 0.6) is 0 Å². The van der Waals surface area contributed by atoms with Crippen LogP contribution in [-0.4, -0.2) is 61.4 Å². The summed E-state index contributed by atoms with van der Waals surface area (Å²) in [6.07, 6.45) is 40.8. The maximum absolute atomic E-state index is 13.0. The van der Waals surface area contributed by atoms with Crippen molar-refractivity contribution >= 4 is 11.9 Å². The molecule has 320 valence electrons. The van der Waals surface area contributed by atoms with Crippen LogP contribution >= 0.6 is 0 Å². The van der Waals surface area contributed by atoms with Gasteiger partial charge in [0.15, 0.2) is 0 Å². The highest BCUT2D eigenvalue weighted by atomic mass is 16.5. The maximum Gasteiger partial charge on any atom is 0.308 e. The van der Waals surface area contributed by atoms with Crippen molar-refractivity contribution in [2.45, 2.75) is 233 Å². The second-order valence-corrected chi connectivity index (χ2v) is 16.3. The fourth-order valence-electron chi connectivity index (χ4n) is 7.37. The Hall–Kier alpha value is -1.40. The van der Waals surface area contributed by atoms with Crippen LogP contribution in [-0.2, 0) is 19.1 Å². The minimum Gasteiger partial charge on any atom is -0.465 e. The Labute approximate surface area is 336 Å². The molecule has 2 atom stereocenters. The van der Waals surface area contributed by atoms with Crippen molar-refractivity contribution < 1.29 is 24.2 Å². The second kappa shape index (κ2) is 42.7. The summed E-state index contributed by atoms with van der Waals surface area (Å²) in [6, 6.07) is 0. The molecule has 2 unspecified atom stereocenters. The topological polar surface area (TPSA) is 76.1 Å². The molecule has 0 aromatic rings. The molecule has 0 heterocycles. The van der Waals surface area contributed by atoms with Crippen molar-refractivity contribution in [1.29, 1.82) is 0 Å². The first-order valence-electron chi connectivity index (χ1n) is 23.8. The third-order valence-corrected chi connectivity index (χ3v) is 11.1. The van der Waals surface area contributed by atoms with E-state index in [1.165, 1.54) is 83.5 Å². The molecule has 1 N–H and O–H groups in total. The van der Waals surface area contributed by atoms with Gasteiger partial charge in [0.2, 0.25) is 0 Å². The van der Waals surface area contributed by atoms with E-state index in [9.17, 15) is 14.7 Å². The van der Waals surface area contributed by atoms with Gasteiger partial charge in [0.25, 0.3) is 0 Å². The summed E-state index contributed by atoms with van der Waals surface area (Å²) < 4.78 is 11.6. The van der Waals surface area contributed by atoms with E-state index in [0.29, 0.717) is 13.2 Å². The lowest BCUT2D eigenvalue weighted by atomic mass is 9.94. The second-order valence-electron chi connectivity index (χ2n) is 16.3. The number of hydrogen-bond acceptors (Lipinski definition) is 6. The van der Waals surface area contributed by atoms with Crippen molar-refractivity contribution in [3.8, 4) is 0 Å². The Bertz CT molecular complexity index is 817. The first kappa shape index (κ1) is 52.6. The Morgan fingerprint density at radius 2 is 0.815 bits per heavy atom. The largest absolute Gasteiger partial charge is 0.465 e. The smallest absolute Gasteiger partial charge is 0.308 e. The number of aliphatic hydroxyl groups is 1. The highest BCUT2D eigenvalue weighted by molar-refractivity contribution is 5.72. The standard InChI is InChI=1S/C48H93NO5/c1-5-9-13-17-19-27-37-45(35-25-15-11-7-3)47(51)53-43-33-23-21-29-39-49(41-31-32-42-50)40-30-22-24-34-44-54-48(52)46(36-26-16-12-8-4)38-28-20-18-14-10-6-2/h17,19,45-46,50H,5-16,18,20-44H2,1-4H3/b19-17+. The summed E-state index contributed by atoms with van der Waals surface area (Å²) in [5, 5.41) is 9.32. The third-order valence-electron chi connectivity index (χ3n) is 11.1. The quantitative estimate of drug-likeness (QED) is 0.0379. The molecule has 0 aliphatic rings. The molecule has 0 rings (SSSR count). The molecule has 0 saturated carbocycles. The number of nitrogens with zero attached hydrogens (tertiary/aromatic N) is 1. The first-order valence-corrected chi connectivity index (χ1v) is 23.8. The van der Waals surface area contributed by atoms with Crippen LogP contribution in [0.2, 0.25) is 0 Å². The van der Waals surface area contributed by atoms with Gasteiger partial charge in [-0.1, -0.05) is 168 Å². The number of aliphatic hydroxyl groups excluding tert-OH is 1. The molecule has 0 aromatic carbocycles. The fraction of sp³-hybridized carbons (Fsp3) is 0.917. The van der Waals surface area contributed by atoms with E-state index in [4.69, 9.17) is 9.47 Å². The van der Waals surface area contributed by atoms with Crippen molar-refractivity contribution in [3.63, 3.8) is 0 Å². The molecule has 0 fully saturated rings. The lowest BCUT2D eigenvalue weighted by Gasteiger charge is -2.22. The van der Waals surface area contributed by atoms with Gasteiger partial charge in [0.05, 0.1) is 25.0 Å². The highest BCUT2D eigenvalue weighted by Crippen LogP contribution is 2.22. The summed E-state index contributed by atoms with van der Waals surface area (Å²) in [6.45, 7) is 13.5. The monoisotopic (exact) mass is 764 g/mol. The third kappa shape index (κ3) is 35.0. The fourth-order valence-corrected chi connectivity index (χ4v) is 7.37. The van der Waals surface area contributed by atoms with Crippen molar-refractivity contribution in [2.24, 2.45) is 11.8 Å². The number of rotatable bonds is 43. The number of hydrogen-bond donors (Lipinski definition) is 1. The molecule has 0 bridgehead atoms. The molecule has 0 radical (unpaired) electrons. The zero-order valence-electron chi connectivity index (χ0n) is 36.7. The first-order chi connectivity index (χ1) is 26.5. The minimum atomic E-state index is 0.0205. The summed E-state index contributed by atoms with van der Waals surface area (Å²) in [7, 11) is 0. The van der Waals surface area contributed by atoms with Gasteiger partial charge in [0.1, 0.15) is 0 Å². The maximum atomic E-state index is 13.0. The van der Waals surface area contributed by atoms with Crippen LogP contribution < -0.4 is 0 Å². The van der Waals surface area contributed by atoms with Crippen molar-refractivity contribution in [3.05, 3.63) is 12.2 Å². The van der Waals surface area contributed by atoms with Gasteiger partial charge < -0.3 is 19.5 Å². The van der Waals surface area contributed by atoms with E-state index >= 15 is 0 Å². The molecule has 0 aromatic heterocycles. The Kier molecular flexibility index (Phi) is 41.6. The molecule has 0 saturated heterocycles. The van der Waals surface area contributed by atoms with Crippen LogP contribution in [0.4, 0.5) is 0 Å². The highest BCUT2D eigenvalue weighted by Gasteiger charge is 2.20. The predicted octanol–water partition coefficient (Wildman–Crippen LogP) is 13.7. The molecule has 0 aliphatic carbocycles. The molecule has 54 heavy (non-hydrogen) atoms. The van der Waals surface area contributed by atoms with Crippen LogP contribution in [0.3, 0.4) is 0 Å². The Balaban J connectivity index is 4.38. The van der Waals surface area contributed by atoms with Gasteiger partial charge >= 0.3 is 11.9 Å². The number of allylic oxidation sites excluding steroid dienone is 2. The van der Waals surface area contributed by atoms with Gasteiger partial charge in [-0.15, -0.1) is 0 Å². The minimum absolute atomic E-state index is 0.0205. The number of carbonyl (C=O) groups excluding carboxylic acids is 2. The van der Waals surface area contributed by atoms with Crippen molar-refractivity contribution in [1.82, 2.24) is 4.90 Å². The summed E-state index contributed by atoms with van der Waals surface area (Å²) in [5.74, 6) is 0.200. The number of esters is 2. The Morgan fingerprint density at radius 3 is 1.30 bits per heavy atom. The van der Waals surface area contributed by atoms with E-state index in [0.717, 1.165) is 142 Å². The van der Waals surface area contributed by atoms with E-state index < -0.39 is 0 Å². The molecule has 0 spiro atoms.